The lowest BCUT2D eigenvalue weighted by molar-refractivity contribution is 0.0963. The number of carbonyl (C=O) groups is 1. The minimum Gasteiger partial charge on any atom is -0.507 e. The van der Waals surface area contributed by atoms with E-state index in [0.29, 0.717) is 5.56 Å². The first kappa shape index (κ1) is 13.9. The molecule has 0 amide bonds. The van der Waals surface area contributed by atoms with Crippen LogP contribution in [0.1, 0.15) is 27.2 Å². The van der Waals surface area contributed by atoms with Crippen LogP contribution >= 0.6 is 0 Å². The number of nitrogens with zero attached hydrogens (tertiary/aromatic N) is 2. The molecule has 1 heterocycles. The van der Waals surface area contributed by atoms with E-state index in [2.05, 4.69) is 0 Å². The summed E-state index contributed by atoms with van der Waals surface area (Å²) in [6, 6.07) is 13.9. The van der Waals surface area contributed by atoms with Crippen molar-refractivity contribution < 1.29 is 9.90 Å². The summed E-state index contributed by atoms with van der Waals surface area (Å²) in [6.45, 7) is 3.89. The average Bonchev–Trinajstić information content (AvgIpc) is 2.79. The first-order valence-corrected chi connectivity index (χ1v) is 6.89. The predicted molar refractivity (Wildman–Crippen MR) is 84.0 cm³/mol. The van der Waals surface area contributed by atoms with Gasteiger partial charge in [0.1, 0.15) is 11.8 Å². The molecule has 0 fully saturated rings. The summed E-state index contributed by atoms with van der Waals surface area (Å²) < 4.78 is 1.65. The normalized spacial score (nSPS) is 10.6. The van der Waals surface area contributed by atoms with Gasteiger partial charge in [0.25, 0.3) is 5.91 Å². The lowest BCUT2D eigenvalue weighted by Gasteiger charge is -2.08. The predicted octanol–water partition coefficient (Wildman–Crippen LogP) is 3.52. The van der Waals surface area contributed by atoms with Crippen molar-refractivity contribution in [3.05, 3.63) is 64.8 Å². The van der Waals surface area contributed by atoms with Crippen LogP contribution in [-0.2, 0) is 0 Å². The Balaban J connectivity index is 2.22. The third-order valence-electron chi connectivity index (χ3n) is 3.99. The van der Waals surface area contributed by atoms with Gasteiger partial charge in [-0.05, 0) is 43.7 Å². The number of fused-ring (bicyclic) bond motifs is 1. The van der Waals surface area contributed by atoms with Crippen molar-refractivity contribution in [2.24, 2.45) is 0 Å². The molecule has 0 atom stereocenters. The van der Waals surface area contributed by atoms with Crippen LogP contribution in [-0.4, -0.2) is 15.6 Å². The second-order valence-corrected chi connectivity index (χ2v) is 5.21. The van der Waals surface area contributed by atoms with Crippen molar-refractivity contribution in [2.45, 2.75) is 13.8 Å². The SMILES string of the molecule is Cc1c(C)n(C(=O)c2ccc(O)c(C#N)c2)c2ccccc12. The van der Waals surface area contributed by atoms with Gasteiger partial charge in [-0.1, -0.05) is 18.2 Å². The Morgan fingerprint density at radius 1 is 1.18 bits per heavy atom. The number of hydrogen-bond acceptors (Lipinski definition) is 3. The van der Waals surface area contributed by atoms with Gasteiger partial charge in [0.15, 0.2) is 0 Å². The second kappa shape index (κ2) is 5.05. The molecule has 0 radical (unpaired) electrons. The smallest absolute Gasteiger partial charge is 0.262 e. The summed E-state index contributed by atoms with van der Waals surface area (Å²) in [6.07, 6.45) is 0. The number of nitriles is 1. The summed E-state index contributed by atoms with van der Waals surface area (Å²) in [5.41, 5.74) is 3.24. The zero-order chi connectivity index (χ0) is 15.9. The van der Waals surface area contributed by atoms with Crippen molar-refractivity contribution in [2.75, 3.05) is 0 Å². The van der Waals surface area contributed by atoms with E-state index in [4.69, 9.17) is 5.26 Å². The Bertz CT molecular complexity index is 946. The van der Waals surface area contributed by atoms with E-state index < -0.39 is 0 Å². The summed E-state index contributed by atoms with van der Waals surface area (Å²) in [5, 5.41) is 19.6. The quantitative estimate of drug-likeness (QED) is 0.745. The maximum absolute atomic E-state index is 12.8. The maximum Gasteiger partial charge on any atom is 0.262 e. The molecule has 0 aliphatic heterocycles. The van der Waals surface area contributed by atoms with E-state index in [0.717, 1.165) is 22.2 Å². The molecule has 0 saturated carbocycles. The van der Waals surface area contributed by atoms with Crippen LogP contribution < -0.4 is 0 Å². The van der Waals surface area contributed by atoms with Crippen LogP contribution in [0.3, 0.4) is 0 Å². The second-order valence-electron chi connectivity index (χ2n) is 5.21. The number of para-hydroxylation sites is 1. The molecule has 0 aliphatic rings. The van der Waals surface area contributed by atoms with E-state index in [1.165, 1.54) is 18.2 Å². The molecule has 0 unspecified atom stereocenters. The minimum absolute atomic E-state index is 0.0942. The lowest BCUT2D eigenvalue weighted by atomic mass is 10.1. The van der Waals surface area contributed by atoms with Crippen LogP contribution in [0.4, 0.5) is 0 Å². The number of phenolic OH excluding ortho intramolecular Hbond substituents is 1. The summed E-state index contributed by atoms with van der Waals surface area (Å²) in [4.78, 5) is 12.8. The van der Waals surface area contributed by atoms with Crippen molar-refractivity contribution >= 4 is 16.8 Å². The van der Waals surface area contributed by atoms with Crippen LogP contribution in [0.25, 0.3) is 10.9 Å². The molecule has 4 nitrogen and oxygen atoms in total. The molecule has 3 aromatic rings. The zero-order valence-electron chi connectivity index (χ0n) is 12.3. The number of aryl methyl sites for hydroxylation is 1. The molecular weight excluding hydrogens is 276 g/mol. The van der Waals surface area contributed by atoms with Gasteiger partial charge < -0.3 is 5.11 Å². The van der Waals surface area contributed by atoms with Crippen LogP contribution in [0.15, 0.2) is 42.5 Å². The fourth-order valence-corrected chi connectivity index (χ4v) is 2.68. The number of rotatable bonds is 1. The van der Waals surface area contributed by atoms with Gasteiger partial charge in [0.05, 0.1) is 11.1 Å². The maximum atomic E-state index is 12.8. The summed E-state index contributed by atoms with van der Waals surface area (Å²) >= 11 is 0. The highest BCUT2D eigenvalue weighted by atomic mass is 16.3. The highest BCUT2D eigenvalue weighted by Crippen LogP contribution is 2.26. The number of phenols is 1. The molecule has 108 valence electrons. The Morgan fingerprint density at radius 2 is 1.91 bits per heavy atom. The third kappa shape index (κ3) is 1.95. The molecule has 0 saturated heterocycles. The van der Waals surface area contributed by atoms with Gasteiger partial charge >= 0.3 is 0 Å². The molecule has 4 heteroatoms. The van der Waals surface area contributed by atoms with Crippen LogP contribution in [0.2, 0.25) is 0 Å². The van der Waals surface area contributed by atoms with Crippen LogP contribution in [0.5, 0.6) is 5.75 Å². The molecular formula is C18H14N2O2. The van der Waals surface area contributed by atoms with E-state index in [9.17, 15) is 9.90 Å². The number of carbonyl (C=O) groups excluding carboxylic acids is 1. The Labute approximate surface area is 127 Å². The first-order valence-electron chi connectivity index (χ1n) is 6.89. The Morgan fingerprint density at radius 3 is 2.64 bits per heavy atom. The number of aromatic nitrogens is 1. The fourth-order valence-electron chi connectivity index (χ4n) is 2.68. The summed E-state index contributed by atoms with van der Waals surface area (Å²) in [5.74, 6) is -0.331. The van der Waals surface area contributed by atoms with Gasteiger partial charge in [-0.15, -0.1) is 0 Å². The van der Waals surface area contributed by atoms with E-state index in [1.54, 1.807) is 4.57 Å². The van der Waals surface area contributed by atoms with Gasteiger partial charge in [-0.25, -0.2) is 0 Å². The van der Waals surface area contributed by atoms with Crippen molar-refractivity contribution in [1.29, 1.82) is 5.26 Å². The topological polar surface area (TPSA) is 66.0 Å². The molecule has 1 aromatic heterocycles. The standard InChI is InChI=1S/C18H14N2O2/c1-11-12(2)20(16-6-4-3-5-15(11)16)18(22)13-7-8-17(21)14(9-13)10-19/h3-9,21H,1-2H3. The zero-order valence-corrected chi connectivity index (χ0v) is 12.3. The fraction of sp³-hybridized carbons (Fsp3) is 0.111. The monoisotopic (exact) mass is 290 g/mol. The number of benzene rings is 2. The van der Waals surface area contributed by atoms with Gasteiger partial charge in [0.2, 0.25) is 0 Å². The highest BCUT2D eigenvalue weighted by Gasteiger charge is 2.18. The molecule has 0 bridgehead atoms. The molecule has 22 heavy (non-hydrogen) atoms. The van der Waals surface area contributed by atoms with E-state index in [-0.39, 0.29) is 17.2 Å². The van der Waals surface area contributed by atoms with E-state index >= 15 is 0 Å². The van der Waals surface area contributed by atoms with Gasteiger partial charge in [-0.3, -0.25) is 9.36 Å². The molecule has 3 rings (SSSR count). The lowest BCUT2D eigenvalue weighted by Crippen LogP contribution is -2.13. The van der Waals surface area contributed by atoms with Gasteiger partial charge in [0, 0.05) is 16.6 Å². The van der Waals surface area contributed by atoms with E-state index in [1.807, 2.05) is 44.2 Å². The first-order chi connectivity index (χ1) is 10.5. The molecule has 1 N–H and O–H groups in total. The third-order valence-corrected chi connectivity index (χ3v) is 3.99. The Hall–Kier alpha value is -3.06. The molecule has 2 aromatic carbocycles. The molecule has 0 aliphatic carbocycles. The number of aromatic hydroxyl groups is 1. The molecule has 0 spiro atoms. The number of hydrogen-bond donors (Lipinski definition) is 1. The van der Waals surface area contributed by atoms with Gasteiger partial charge in [-0.2, -0.15) is 5.26 Å². The largest absolute Gasteiger partial charge is 0.507 e. The van der Waals surface area contributed by atoms with Crippen molar-refractivity contribution in [3.63, 3.8) is 0 Å². The van der Waals surface area contributed by atoms with Crippen molar-refractivity contribution in [3.8, 4) is 11.8 Å². The van der Waals surface area contributed by atoms with Crippen molar-refractivity contribution in [1.82, 2.24) is 4.57 Å². The highest BCUT2D eigenvalue weighted by molar-refractivity contribution is 6.04. The minimum atomic E-state index is -0.210. The Kier molecular flexibility index (Phi) is 3.19. The van der Waals surface area contributed by atoms with Crippen LogP contribution in [0, 0.1) is 25.2 Å². The summed E-state index contributed by atoms with van der Waals surface area (Å²) in [7, 11) is 0. The average molecular weight is 290 g/mol.